The zero-order valence-corrected chi connectivity index (χ0v) is 19.0. The summed E-state index contributed by atoms with van der Waals surface area (Å²) in [4.78, 5) is 39.1. The molecule has 3 rings (SSSR count). The van der Waals surface area contributed by atoms with E-state index in [0.717, 1.165) is 31.2 Å². The average Bonchev–Trinajstić information content (AvgIpc) is 3.24. The maximum Gasteiger partial charge on any atom is 0.245 e. The standard InChI is InChI=1S/C23H32ClN3O4/c1-22(2)14-27(12-11-23(22,31)16-7-9-17(24)10-8-16)21(30)18(13-19(25)28)26-20(29)15-5-3-4-6-15/h7-10,15,18,31H,3-6,11-14H2,1-2H3,(H2,25,28)(H,26,29)/t18-,23+/m1/s1. The second-order valence-electron chi connectivity index (χ2n) is 9.47. The van der Waals surface area contributed by atoms with Gasteiger partial charge in [-0.3, -0.25) is 14.4 Å². The van der Waals surface area contributed by atoms with Crippen molar-refractivity contribution in [1.82, 2.24) is 10.2 Å². The number of halogens is 1. The smallest absolute Gasteiger partial charge is 0.245 e. The van der Waals surface area contributed by atoms with E-state index < -0.39 is 23.0 Å². The summed E-state index contributed by atoms with van der Waals surface area (Å²) in [6.07, 6.45) is 3.68. The number of nitrogens with two attached hydrogens (primary N) is 1. The number of carbonyl (C=O) groups is 3. The highest BCUT2D eigenvalue weighted by molar-refractivity contribution is 6.30. The zero-order valence-electron chi connectivity index (χ0n) is 18.2. The highest BCUT2D eigenvalue weighted by Gasteiger charge is 2.50. The molecule has 4 N–H and O–H groups in total. The first kappa shape index (κ1) is 23.5. The SMILES string of the molecule is CC1(C)CN(C(=O)[C@@H](CC(N)=O)NC(=O)C2CCCC2)CC[C@]1(O)c1ccc(Cl)cc1. The monoisotopic (exact) mass is 449 g/mol. The molecular formula is C23H32ClN3O4. The number of amides is 3. The number of likely N-dealkylation sites (tertiary alicyclic amines) is 1. The first-order valence-electron chi connectivity index (χ1n) is 10.9. The molecule has 8 heteroatoms. The lowest BCUT2D eigenvalue weighted by atomic mass is 9.66. The van der Waals surface area contributed by atoms with E-state index in [9.17, 15) is 19.5 Å². The van der Waals surface area contributed by atoms with Crippen molar-refractivity contribution in [3.05, 3.63) is 34.9 Å². The molecule has 1 aromatic carbocycles. The second kappa shape index (κ2) is 9.17. The number of nitrogens with one attached hydrogen (secondary N) is 1. The van der Waals surface area contributed by atoms with Crippen LogP contribution < -0.4 is 11.1 Å². The number of hydrogen-bond donors (Lipinski definition) is 3. The number of piperidine rings is 1. The van der Waals surface area contributed by atoms with Crippen molar-refractivity contribution in [2.45, 2.75) is 64.0 Å². The predicted molar refractivity (Wildman–Crippen MR) is 118 cm³/mol. The van der Waals surface area contributed by atoms with Gasteiger partial charge in [0.15, 0.2) is 0 Å². The van der Waals surface area contributed by atoms with Crippen LogP contribution in [-0.2, 0) is 20.0 Å². The lowest BCUT2D eigenvalue weighted by Gasteiger charge is -2.51. The first-order valence-corrected chi connectivity index (χ1v) is 11.3. The van der Waals surface area contributed by atoms with E-state index in [2.05, 4.69) is 5.32 Å². The fourth-order valence-electron chi connectivity index (χ4n) is 4.87. The number of aliphatic hydroxyl groups is 1. The lowest BCUT2D eigenvalue weighted by Crippen LogP contribution is -2.60. The molecule has 0 spiro atoms. The molecule has 1 saturated carbocycles. The largest absolute Gasteiger partial charge is 0.384 e. The van der Waals surface area contributed by atoms with E-state index in [1.807, 2.05) is 13.8 Å². The molecule has 7 nitrogen and oxygen atoms in total. The maximum absolute atomic E-state index is 13.3. The van der Waals surface area contributed by atoms with Crippen LogP contribution in [0.25, 0.3) is 0 Å². The van der Waals surface area contributed by atoms with Crippen LogP contribution in [0.5, 0.6) is 0 Å². The fourth-order valence-corrected chi connectivity index (χ4v) is 5.00. The molecule has 1 aromatic rings. The highest BCUT2D eigenvalue weighted by Crippen LogP contribution is 2.46. The van der Waals surface area contributed by atoms with Gasteiger partial charge < -0.3 is 21.1 Å². The van der Waals surface area contributed by atoms with Crippen molar-refractivity contribution in [2.75, 3.05) is 13.1 Å². The van der Waals surface area contributed by atoms with Crippen LogP contribution >= 0.6 is 11.6 Å². The van der Waals surface area contributed by atoms with Gasteiger partial charge in [-0.25, -0.2) is 0 Å². The van der Waals surface area contributed by atoms with Crippen LogP contribution in [0.15, 0.2) is 24.3 Å². The topological polar surface area (TPSA) is 113 Å². The Balaban J connectivity index is 1.74. The van der Waals surface area contributed by atoms with Gasteiger partial charge in [-0.2, -0.15) is 0 Å². The van der Waals surface area contributed by atoms with Crippen molar-refractivity contribution >= 4 is 29.3 Å². The zero-order chi connectivity index (χ0) is 22.8. The quantitative estimate of drug-likeness (QED) is 0.618. The van der Waals surface area contributed by atoms with Gasteiger partial charge in [0.1, 0.15) is 6.04 Å². The molecule has 1 aliphatic heterocycles. The van der Waals surface area contributed by atoms with E-state index in [4.69, 9.17) is 17.3 Å². The first-order chi connectivity index (χ1) is 14.5. The van der Waals surface area contributed by atoms with Crippen molar-refractivity contribution in [3.63, 3.8) is 0 Å². The van der Waals surface area contributed by atoms with Crippen molar-refractivity contribution < 1.29 is 19.5 Å². The van der Waals surface area contributed by atoms with Gasteiger partial charge in [0, 0.05) is 29.4 Å². The Bertz CT molecular complexity index is 836. The number of hydrogen-bond acceptors (Lipinski definition) is 4. The Morgan fingerprint density at radius 1 is 1.23 bits per heavy atom. The number of rotatable bonds is 6. The summed E-state index contributed by atoms with van der Waals surface area (Å²) >= 11 is 5.99. The van der Waals surface area contributed by atoms with Gasteiger partial charge in [0.25, 0.3) is 0 Å². The number of primary amides is 1. The van der Waals surface area contributed by atoms with Crippen LogP contribution in [-0.4, -0.2) is 46.9 Å². The van der Waals surface area contributed by atoms with E-state index in [1.165, 1.54) is 0 Å². The minimum atomic E-state index is -1.14. The Labute approximate surface area is 188 Å². The molecule has 3 amide bonds. The Morgan fingerprint density at radius 2 is 1.84 bits per heavy atom. The molecule has 0 bridgehead atoms. The molecule has 170 valence electrons. The summed E-state index contributed by atoms with van der Waals surface area (Å²) in [5, 5.41) is 14.9. The molecule has 31 heavy (non-hydrogen) atoms. The van der Waals surface area contributed by atoms with Gasteiger partial charge in [-0.15, -0.1) is 0 Å². The van der Waals surface area contributed by atoms with Gasteiger partial charge in [0.2, 0.25) is 17.7 Å². The maximum atomic E-state index is 13.3. The van der Waals surface area contributed by atoms with Gasteiger partial charge >= 0.3 is 0 Å². The normalized spacial score (nSPS) is 24.6. The Morgan fingerprint density at radius 3 is 2.39 bits per heavy atom. The van der Waals surface area contributed by atoms with Gasteiger partial charge in [-0.1, -0.05) is 50.4 Å². The number of benzene rings is 1. The molecule has 0 unspecified atom stereocenters. The number of carbonyl (C=O) groups excluding carboxylic acids is 3. The molecule has 2 fully saturated rings. The third-order valence-corrected chi connectivity index (χ3v) is 7.08. The van der Waals surface area contributed by atoms with E-state index in [1.54, 1.807) is 29.2 Å². The van der Waals surface area contributed by atoms with Crippen LogP contribution in [0.2, 0.25) is 5.02 Å². The minimum Gasteiger partial charge on any atom is -0.384 e. The fraction of sp³-hybridized carbons (Fsp3) is 0.609. The summed E-state index contributed by atoms with van der Waals surface area (Å²) in [6, 6.07) is 6.11. The van der Waals surface area contributed by atoms with Crippen LogP contribution in [0, 0.1) is 11.3 Å². The molecule has 0 aromatic heterocycles. The predicted octanol–water partition coefficient (Wildman–Crippen LogP) is 2.34. The summed E-state index contributed by atoms with van der Waals surface area (Å²) in [5.41, 5.74) is 4.31. The molecule has 0 radical (unpaired) electrons. The lowest BCUT2D eigenvalue weighted by molar-refractivity contribution is -0.156. The van der Waals surface area contributed by atoms with Gasteiger partial charge in [-0.05, 0) is 37.0 Å². The minimum absolute atomic E-state index is 0.115. The van der Waals surface area contributed by atoms with E-state index in [0.29, 0.717) is 18.0 Å². The summed E-state index contributed by atoms with van der Waals surface area (Å²) in [7, 11) is 0. The second-order valence-corrected chi connectivity index (χ2v) is 9.91. The molecule has 1 saturated heterocycles. The van der Waals surface area contributed by atoms with Crippen LogP contribution in [0.3, 0.4) is 0 Å². The molecule has 2 aliphatic rings. The third kappa shape index (κ3) is 5.04. The summed E-state index contributed by atoms with van der Waals surface area (Å²) < 4.78 is 0. The highest BCUT2D eigenvalue weighted by atomic mass is 35.5. The summed E-state index contributed by atoms with van der Waals surface area (Å²) in [5.74, 6) is -1.28. The van der Waals surface area contributed by atoms with Crippen LogP contribution in [0.1, 0.15) is 57.9 Å². The van der Waals surface area contributed by atoms with Crippen molar-refractivity contribution in [1.29, 1.82) is 0 Å². The van der Waals surface area contributed by atoms with Crippen molar-refractivity contribution in [2.24, 2.45) is 17.1 Å². The van der Waals surface area contributed by atoms with E-state index >= 15 is 0 Å². The molecule has 1 aliphatic carbocycles. The molecule has 2 atom stereocenters. The third-order valence-electron chi connectivity index (χ3n) is 6.83. The summed E-state index contributed by atoms with van der Waals surface area (Å²) in [6.45, 7) is 4.39. The van der Waals surface area contributed by atoms with E-state index in [-0.39, 0.29) is 30.7 Å². The van der Waals surface area contributed by atoms with Gasteiger partial charge in [0.05, 0.1) is 12.0 Å². The Kier molecular flexibility index (Phi) is 6.96. The number of nitrogens with zero attached hydrogens (tertiary/aromatic N) is 1. The molecular weight excluding hydrogens is 418 g/mol. The Hall–Kier alpha value is -2.12. The van der Waals surface area contributed by atoms with Crippen LogP contribution in [0.4, 0.5) is 0 Å². The average molecular weight is 450 g/mol. The van der Waals surface area contributed by atoms with Crippen molar-refractivity contribution in [3.8, 4) is 0 Å². The molecule has 1 heterocycles.